The molecule has 1 aromatic rings. The first-order chi connectivity index (χ1) is 9.02. The van der Waals surface area contributed by atoms with Crippen LogP contribution in [0.15, 0.2) is 12.5 Å². The van der Waals surface area contributed by atoms with Crippen LogP contribution in [0.25, 0.3) is 0 Å². The standard InChI is InChI=1S/C13H24N4O2/c1-11(2)8-17-10-14-6-12(17)7-15-13(19)9-16(3)4-5-18/h6,10-11,18H,4-5,7-9H2,1-3H3,(H,15,19). The number of hydrogen-bond acceptors (Lipinski definition) is 4. The lowest BCUT2D eigenvalue weighted by molar-refractivity contribution is -0.122. The molecule has 1 heterocycles. The van der Waals surface area contributed by atoms with Gasteiger partial charge >= 0.3 is 0 Å². The van der Waals surface area contributed by atoms with E-state index in [0.29, 0.717) is 25.6 Å². The zero-order valence-electron chi connectivity index (χ0n) is 12.0. The van der Waals surface area contributed by atoms with Gasteiger partial charge in [0.2, 0.25) is 5.91 Å². The average Bonchev–Trinajstić information content (AvgIpc) is 2.73. The second-order valence-electron chi connectivity index (χ2n) is 5.17. The Morgan fingerprint density at radius 3 is 2.95 bits per heavy atom. The highest BCUT2D eigenvalue weighted by atomic mass is 16.3. The summed E-state index contributed by atoms with van der Waals surface area (Å²) >= 11 is 0. The highest BCUT2D eigenvalue weighted by Gasteiger charge is 2.08. The quantitative estimate of drug-likeness (QED) is 0.700. The molecule has 0 radical (unpaired) electrons. The third kappa shape index (κ3) is 5.85. The predicted molar refractivity (Wildman–Crippen MR) is 73.5 cm³/mol. The van der Waals surface area contributed by atoms with Gasteiger partial charge in [0, 0.05) is 19.3 Å². The summed E-state index contributed by atoms with van der Waals surface area (Å²) in [7, 11) is 1.80. The van der Waals surface area contributed by atoms with Gasteiger partial charge < -0.3 is 15.0 Å². The molecule has 0 aliphatic carbocycles. The van der Waals surface area contributed by atoms with Crippen LogP contribution in [0.4, 0.5) is 0 Å². The normalized spacial score (nSPS) is 11.3. The third-order valence-electron chi connectivity index (χ3n) is 2.72. The fourth-order valence-corrected chi connectivity index (χ4v) is 1.79. The number of aliphatic hydroxyl groups excluding tert-OH is 1. The third-order valence-corrected chi connectivity index (χ3v) is 2.72. The molecule has 6 heteroatoms. The van der Waals surface area contributed by atoms with Crippen LogP contribution in [-0.4, -0.2) is 52.2 Å². The number of aromatic nitrogens is 2. The van der Waals surface area contributed by atoms with Crippen molar-refractivity contribution in [1.29, 1.82) is 0 Å². The minimum Gasteiger partial charge on any atom is -0.395 e. The largest absolute Gasteiger partial charge is 0.395 e. The lowest BCUT2D eigenvalue weighted by atomic mass is 10.2. The molecule has 1 aromatic heterocycles. The second-order valence-corrected chi connectivity index (χ2v) is 5.17. The fraction of sp³-hybridized carbons (Fsp3) is 0.692. The van der Waals surface area contributed by atoms with Crippen molar-refractivity contribution in [3.8, 4) is 0 Å². The van der Waals surface area contributed by atoms with E-state index in [2.05, 4.69) is 28.7 Å². The van der Waals surface area contributed by atoms with Crippen LogP contribution in [0, 0.1) is 5.92 Å². The number of aliphatic hydroxyl groups is 1. The van der Waals surface area contributed by atoms with Gasteiger partial charge in [0.05, 0.1) is 31.7 Å². The first-order valence-corrected chi connectivity index (χ1v) is 6.58. The van der Waals surface area contributed by atoms with Crippen molar-refractivity contribution in [3.63, 3.8) is 0 Å². The Bertz CT molecular complexity index is 390. The Morgan fingerprint density at radius 1 is 1.58 bits per heavy atom. The fourth-order valence-electron chi connectivity index (χ4n) is 1.79. The lowest BCUT2D eigenvalue weighted by Crippen LogP contribution is -2.36. The predicted octanol–water partition coefficient (Wildman–Crippen LogP) is 0.0794. The summed E-state index contributed by atoms with van der Waals surface area (Å²) in [6.45, 7) is 6.52. The summed E-state index contributed by atoms with van der Waals surface area (Å²) in [5, 5.41) is 11.6. The van der Waals surface area contributed by atoms with Gasteiger partial charge in [-0.15, -0.1) is 0 Å². The Morgan fingerprint density at radius 2 is 2.32 bits per heavy atom. The molecule has 0 unspecified atom stereocenters. The SMILES string of the molecule is CC(C)Cn1cncc1CNC(=O)CN(C)CCO. The Hall–Kier alpha value is -1.40. The van der Waals surface area contributed by atoms with E-state index in [1.807, 2.05) is 0 Å². The second kappa shape index (κ2) is 7.91. The average molecular weight is 268 g/mol. The molecule has 108 valence electrons. The smallest absolute Gasteiger partial charge is 0.234 e. The Kier molecular flexibility index (Phi) is 6.52. The van der Waals surface area contributed by atoms with Crippen molar-refractivity contribution in [2.24, 2.45) is 5.92 Å². The number of nitrogens with zero attached hydrogens (tertiary/aromatic N) is 3. The molecule has 0 aromatic carbocycles. The van der Waals surface area contributed by atoms with Crippen molar-refractivity contribution in [1.82, 2.24) is 19.8 Å². The van der Waals surface area contributed by atoms with Crippen molar-refractivity contribution in [3.05, 3.63) is 18.2 Å². The highest BCUT2D eigenvalue weighted by Crippen LogP contribution is 2.04. The molecule has 0 aliphatic rings. The number of imidazole rings is 1. The first-order valence-electron chi connectivity index (χ1n) is 6.58. The van der Waals surface area contributed by atoms with Gasteiger partial charge in [0.15, 0.2) is 0 Å². The minimum absolute atomic E-state index is 0.0479. The van der Waals surface area contributed by atoms with Gasteiger partial charge in [0.25, 0.3) is 0 Å². The van der Waals surface area contributed by atoms with Crippen LogP contribution in [-0.2, 0) is 17.9 Å². The van der Waals surface area contributed by atoms with Crippen molar-refractivity contribution in [2.75, 3.05) is 26.7 Å². The van der Waals surface area contributed by atoms with E-state index in [0.717, 1.165) is 12.2 Å². The molecule has 6 nitrogen and oxygen atoms in total. The van der Waals surface area contributed by atoms with E-state index in [1.165, 1.54) is 0 Å². The number of carbonyl (C=O) groups excluding carboxylic acids is 1. The van der Waals surface area contributed by atoms with Crippen LogP contribution >= 0.6 is 0 Å². The number of rotatable bonds is 8. The number of amides is 1. The summed E-state index contributed by atoms with van der Waals surface area (Å²) < 4.78 is 2.06. The monoisotopic (exact) mass is 268 g/mol. The van der Waals surface area contributed by atoms with Gasteiger partial charge in [-0.1, -0.05) is 13.8 Å². The summed E-state index contributed by atoms with van der Waals surface area (Å²) in [5.41, 5.74) is 1.01. The molecule has 0 bridgehead atoms. The molecular weight excluding hydrogens is 244 g/mol. The summed E-state index contributed by atoms with van der Waals surface area (Å²) in [4.78, 5) is 17.6. The van der Waals surface area contributed by atoms with Gasteiger partial charge in [-0.3, -0.25) is 9.69 Å². The summed E-state index contributed by atoms with van der Waals surface area (Å²) in [6.07, 6.45) is 3.57. The molecule has 0 spiro atoms. The minimum atomic E-state index is -0.0479. The van der Waals surface area contributed by atoms with Gasteiger partial charge in [-0.05, 0) is 13.0 Å². The molecule has 19 heavy (non-hydrogen) atoms. The zero-order chi connectivity index (χ0) is 14.3. The van der Waals surface area contributed by atoms with E-state index in [1.54, 1.807) is 24.5 Å². The van der Waals surface area contributed by atoms with E-state index in [9.17, 15) is 4.79 Å². The first kappa shape index (κ1) is 15.7. The molecule has 0 fully saturated rings. The molecule has 0 atom stereocenters. The molecule has 0 aliphatic heterocycles. The highest BCUT2D eigenvalue weighted by molar-refractivity contribution is 5.77. The van der Waals surface area contributed by atoms with Gasteiger partial charge in [-0.2, -0.15) is 0 Å². The van der Waals surface area contributed by atoms with Gasteiger partial charge in [0.1, 0.15) is 0 Å². The number of hydrogen-bond donors (Lipinski definition) is 2. The van der Waals surface area contributed by atoms with Crippen LogP contribution in [0.3, 0.4) is 0 Å². The maximum Gasteiger partial charge on any atom is 0.234 e. The van der Waals surface area contributed by atoms with Crippen LogP contribution in [0.1, 0.15) is 19.5 Å². The zero-order valence-corrected chi connectivity index (χ0v) is 12.0. The van der Waals surface area contributed by atoms with Crippen LogP contribution in [0.5, 0.6) is 0 Å². The van der Waals surface area contributed by atoms with Gasteiger partial charge in [-0.25, -0.2) is 4.98 Å². The molecule has 1 rings (SSSR count). The van der Waals surface area contributed by atoms with Crippen LogP contribution < -0.4 is 5.32 Å². The number of likely N-dealkylation sites (N-methyl/N-ethyl adjacent to an activating group) is 1. The van der Waals surface area contributed by atoms with Crippen molar-refractivity contribution < 1.29 is 9.90 Å². The van der Waals surface area contributed by atoms with Crippen molar-refractivity contribution >= 4 is 5.91 Å². The number of nitrogens with one attached hydrogen (secondary N) is 1. The molecular formula is C13H24N4O2. The van der Waals surface area contributed by atoms with E-state index >= 15 is 0 Å². The molecule has 2 N–H and O–H groups in total. The van der Waals surface area contributed by atoms with E-state index in [-0.39, 0.29) is 12.5 Å². The summed E-state index contributed by atoms with van der Waals surface area (Å²) in [6, 6.07) is 0. The van der Waals surface area contributed by atoms with Crippen molar-refractivity contribution in [2.45, 2.75) is 26.9 Å². The summed E-state index contributed by atoms with van der Waals surface area (Å²) in [5.74, 6) is 0.493. The maximum absolute atomic E-state index is 11.7. The topological polar surface area (TPSA) is 70.4 Å². The molecule has 1 amide bonds. The number of carbonyl (C=O) groups is 1. The van der Waals surface area contributed by atoms with E-state index in [4.69, 9.17) is 5.11 Å². The van der Waals surface area contributed by atoms with E-state index < -0.39 is 0 Å². The lowest BCUT2D eigenvalue weighted by Gasteiger charge is -2.15. The molecule has 0 saturated carbocycles. The van der Waals surface area contributed by atoms with Crippen LogP contribution in [0.2, 0.25) is 0 Å². The maximum atomic E-state index is 11.7. The molecule has 0 saturated heterocycles. The Balaban J connectivity index is 2.40. The Labute approximate surface area is 114 Å².